The van der Waals surface area contributed by atoms with Gasteiger partial charge in [0.1, 0.15) is 0 Å². The van der Waals surface area contributed by atoms with Gasteiger partial charge in [-0.1, -0.05) is 11.6 Å². The van der Waals surface area contributed by atoms with E-state index in [1.165, 1.54) is 6.92 Å². The molecule has 5 heteroatoms. The molecule has 0 aliphatic carbocycles. The van der Waals surface area contributed by atoms with Crippen LogP contribution in [0.3, 0.4) is 0 Å². The minimum atomic E-state index is -1.13. The molecule has 0 aliphatic rings. The highest BCUT2D eigenvalue weighted by Gasteiger charge is 2.06. The van der Waals surface area contributed by atoms with E-state index >= 15 is 0 Å². The molecule has 80 valence electrons. The summed E-state index contributed by atoms with van der Waals surface area (Å²) in [6.07, 6.45) is -1.13. The Morgan fingerprint density at radius 2 is 2.13 bits per heavy atom. The topological polar surface area (TPSA) is 66.4 Å². The van der Waals surface area contributed by atoms with Crippen LogP contribution in [-0.2, 0) is 6.54 Å². The lowest BCUT2D eigenvalue weighted by molar-refractivity contribution is 0.101. The summed E-state index contributed by atoms with van der Waals surface area (Å²) < 4.78 is 0. The third-order valence-electron chi connectivity index (χ3n) is 1.88. The molecule has 0 aromatic heterocycles. The van der Waals surface area contributed by atoms with Gasteiger partial charge in [-0.2, -0.15) is 0 Å². The highest BCUT2D eigenvalue weighted by molar-refractivity contribution is 6.31. The Balaban J connectivity index is 2.90. The molecule has 0 saturated carbocycles. The Labute approximate surface area is 91.9 Å². The number of benzene rings is 1. The number of carbonyl (C=O) groups excluding carboxylic acids is 1. The lowest BCUT2D eigenvalue weighted by atomic mass is 10.1. The van der Waals surface area contributed by atoms with Crippen molar-refractivity contribution in [3.05, 3.63) is 34.3 Å². The van der Waals surface area contributed by atoms with Gasteiger partial charge in [0, 0.05) is 17.1 Å². The molecule has 0 bridgehead atoms. The van der Waals surface area contributed by atoms with Crippen LogP contribution in [0, 0.1) is 0 Å². The van der Waals surface area contributed by atoms with Crippen molar-refractivity contribution in [2.24, 2.45) is 0 Å². The molecule has 1 amide bonds. The number of carboxylic acid groups (broad SMARTS) is 1. The smallest absolute Gasteiger partial charge is 0.404 e. The predicted octanol–water partition coefficient (Wildman–Crippen LogP) is 2.31. The maximum absolute atomic E-state index is 11.1. The molecule has 0 fully saturated rings. The van der Waals surface area contributed by atoms with Gasteiger partial charge in [-0.15, -0.1) is 0 Å². The predicted molar refractivity (Wildman–Crippen MR) is 56.3 cm³/mol. The largest absolute Gasteiger partial charge is 0.465 e. The molecule has 0 spiro atoms. The van der Waals surface area contributed by atoms with Crippen molar-refractivity contribution >= 4 is 23.5 Å². The molecule has 0 unspecified atom stereocenters. The van der Waals surface area contributed by atoms with Gasteiger partial charge in [-0.05, 0) is 30.7 Å². The summed E-state index contributed by atoms with van der Waals surface area (Å²) in [4.78, 5) is 21.3. The Bertz CT molecular complexity index is 404. The number of amides is 1. The molecule has 0 saturated heterocycles. The molecule has 0 heterocycles. The number of Topliss-reactive ketones (excluding diaryl/α,β-unsaturated/α-hetero) is 1. The van der Waals surface area contributed by atoms with Crippen molar-refractivity contribution in [2.45, 2.75) is 13.5 Å². The van der Waals surface area contributed by atoms with Crippen molar-refractivity contribution < 1.29 is 14.7 Å². The fourth-order valence-electron chi connectivity index (χ4n) is 1.10. The fourth-order valence-corrected chi connectivity index (χ4v) is 1.28. The molecule has 1 rings (SSSR count). The number of hydrogen-bond acceptors (Lipinski definition) is 2. The van der Waals surface area contributed by atoms with E-state index in [1.54, 1.807) is 18.2 Å². The van der Waals surface area contributed by atoms with Gasteiger partial charge < -0.3 is 10.4 Å². The Kier molecular flexibility index (Phi) is 3.68. The van der Waals surface area contributed by atoms with E-state index in [4.69, 9.17) is 16.7 Å². The summed E-state index contributed by atoms with van der Waals surface area (Å²) in [6.45, 7) is 1.53. The molecule has 0 atom stereocenters. The first kappa shape index (κ1) is 11.5. The summed E-state index contributed by atoms with van der Waals surface area (Å²) in [7, 11) is 0. The van der Waals surface area contributed by atoms with Crippen LogP contribution >= 0.6 is 11.6 Å². The molecule has 0 radical (unpaired) electrons. The van der Waals surface area contributed by atoms with Gasteiger partial charge in [-0.25, -0.2) is 4.79 Å². The second-order valence-electron chi connectivity index (χ2n) is 3.02. The van der Waals surface area contributed by atoms with E-state index in [9.17, 15) is 9.59 Å². The van der Waals surface area contributed by atoms with Crippen LogP contribution in [0.25, 0.3) is 0 Å². The van der Waals surface area contributed by atoms with E-state index in [1.807, 2.05) is 0 Å². The van der Waals surface area contributed by atoms with Crippen LogP contribution in [0.15, 0.2) is 18.2 Å². The van der Waals surface area contributed by atoms with Gasteiger partial charge >= 0.3 is 6.09 Å². The summed E-state index contributed by atoms with van der Waals surface area (Å²) in [6, 6.07) is 4.77. The minimum absolute atomic E-state index is 0.0803. The Hall–Kier alpha value is -1.55. The second kappa shape index (κ2) is 4.79. The van der Waals surface area contributed by atoms with Crippen molar-refractivity contribution in [3.8, 4) is 0 Å². The number of carbonyl (C=O) groups is 2. The number of ketones is 1. The van der Waals surface area contributed by atoms with Crippen LogP contribution in [0.5, 0.6) is 0 Å². The van der Waals surface area contributed by atoms with Gasteiger partial charge in [-0.3, -0.25) is 4.79 Å². The number of hydrogen-bond donors (Lipinski definition) is 2. The van der Waals surface area contributed by atoms with Crippen LogP contribution in [0.4, 0.5) is 4.79 Å². The van der Waals surface area contributed by atoms with E-state index in [-0.39, 0.29) is 12.3 Å². The fraction of sp³-hybridized carbons (Fsp3) is 0.200. The average molecular weight is 228 g/mol. The van der Waals surface area contributed by atoms with E-state index < -0.39 is 6.09 Å². The number of halogens is 1. The summed E-state index contributed by atoms with van der Waals surface area (Å²) >= 11 is 5.84. The first-order chi connectivity index (χ1) is 7.00. The standard InChI is InChI=1S/C10H10ClNO3/c1-6(13)7-2-3-9(11)8(4-7)5-12-10(14)15/h2-4,12H,5H2,1H3,(H,14,15). The first-order valence-corrected chi connectivity index (χ1v) is 4.64. The normalized spacial score (nSPS) is 9.73. The van der Waals surface area contributed by atoms with Gasteiger partial charge in [0.2, 0.25) is 0 Å². The molecule has 15 heavy (non-hydrogen) atoms. The van der Waals surface area contributed by atoms with Crippen LogP contribution in [-0.4, -0.2) is 17.0 Å². The number of rotatable bonds is 3. The lowest BCUT2D eigenvalue weighted by Gasteiger charge is -2.05. The highest BCUT2D eigenvalue weighted by Crippen LogP contribution is 2.17. The molecule has 4 nitrogen and oxygen atoms in total. The van der Waals surface area contributed by atoms with E-state index in [2.05, 4.69) is 5.32 Å². The highest BCUT2D eigenvalue weighted by atomic mass is 35.5. The van der Waals surface area contributed by atoms with Crippen molar-refractivity contribution in [2.75, 3.05) is 0 Å². The van der Waals surface area contributed by atoms with Crippen molar-refractivity contribution in [1.82, 2.24) is 5.32 Å². The number of nitrogens with one attached hydrogen (secondary N) is 1. The van der Waals surface area contributed by atoms with Crippen molar-refractivity contribution in [3.63, 3.8) is 0 Å². The SMILES string of the molecule is CC(=O)c1ccc(Cl)c(CNC(=O)O)c1. The summed E-state index contributed by atoms with van der Waals surface area (Å²) in [5.74, 6) is -0.0803. The van der Waals surface area contributed by atoms with E-state index in [0.29, 0.717) is 16.1 Å². The second-order valence-corrected chi connectivity index (χ2v) is 3.43. The summed E-state index contributed by atoms with van der Waals surface area (Å²) in [5, 5.41) is 11.1. The molecule has 1 aromatic carbocycles. The molecule has 0 aliphatic heterocycles. The lowest BCUT2D eigenvalue weighted by Crippen LogP contribution is -2.20. The quantitative estimate of drug-likeness (QED) is 0.779. The maximum atomic E-state index is 11.1. The Morgan fingerprint density at radius 3 is 2.67 bits per heavy atom. The minimum Gasteiger partial charge on any atom is -0.465 e. The molecular weight excluding hydrogens is 218 g/mol. The zero-order valence-electron chi connectivity index (χ0n) is 8.08. The van der Waals surface area contributed by atoms with Crippen LogP contribution < -0.4 is 5.32 Å². The monoisotopic (exact) mass is 227 g/mol. The van der Waals surface area contributed by atoms with Crippen LogP contribution in [0.2, 0.25) is 5.02 Å². The van der Waals surface area contributed by atoms with Gasteiger partial charge in [0.15, 0.2) is 5.78 Å². The summed E-state index contributed by atoms with van der Waals surface area (Å²) in [5.41, 5.74) is 1.10. The zero-order chi connectivity index (χ0) is 11.4. The van der Waals surface area contributed by atoms with E-state index in [0.717, 1.165) is 0 Å². The third kappa shape index (κ3) is 3.25. The van der Waals surface area contributed by atoms with Crippen LogP contribution in [0.1, 0.15) is 22.8 Å². The first-order valence-electron chi connectivity index (χ1n) is 4.27. The molecular formula is C10H10ClNO3. The molecule has 2 N–H and O–H groups in total. The average Bonchev–Trinajstić information content (AvgIpc) is 2.16. The van der Waals surface area contributed by atoms with Gasteiger partial charge in [0.25, 0.3) is 0 Å². The van der Waals surface area contributed by atoms with Gasteiger partial charge in [0.05, 0.1) is 0 Å². The Morgan fingerprint density at radius 1 is 1.47 bits per heavy atom. The maximum Gasteiger partial charge on any atom is 0.404 e. The third-order valence-corrected chi connectivity index (χ3v) is 2.25. The zero-order valence-corrected chi connectivity index (χ0v) is 8.84. The van der Waals surface area contributed by atoms with Crippen molar-refractivity contribution in [1.29, 1.82) is 0 Å². The molecule has 1 aromatic rings.